The van der Waals surface area contributed by atoms with Crippen molar-refractivity contribution in [1.29, 1.82) is 0 Å². The maximum absolute atomic E-state index is 12.4. The van der Waals surface area contributed by atoms with E-state index >= 15 is 0 Å². The molecule has 0 spiro atoms. The number of aromatic nitrogens is 4. The molecule has 0 atom stereocenters. The van der Waals surface area contributed by atoms with Crippen molar-refractivity contribution in [3.8, 4) is 28.7 Å². The number of ether oxygens (including phenoxy) is 2. The summed E-state index contributed by atoms with van der Waals surface area (Å²) >= 11 is 0. The Morgan fingerprint density at radius 3 is 2.50 bits per heavy atom. The van der Waals surface area contributed by atoms with Gasteiger partial charge in [-0.05, 0) is 30.3 Å². The first-order chi connectivity index (χ1) is 12.2. The van der Waals surface area contributed by atoms with Gasteiger partial charge < -0.3 is 14.5 Å². The van der Waals surface area contributed by atoms with Crippen LogP contribution < -0.4 is 15.0 Å². The predicted molar refractivity (Wildman–Crippen MR) is 102 cm³/mol. The number of hydrogen-bond acceptors (Lipinski definition) is 4. The molecule has 0 fully saturated rings. The quantitative estimate of drug-likeness (QED) is 0.576. The van der Waals surface area contributed by atoms with Crippen LogP contribution in [-0.4, -0.2) is 34.0 Å². The van der Waals surface area contributed by atoms with Crippen LogP contribution in [-0.2, 0) is 0 Å². The number of nitrogens with one attached hydrogen (secondary N) is 2. The lowest BCUT2D eigenvalue weighted by Crippen LogP contribution is -2.14. The minimum atomic E-state index is -0.205. The highest BCUT2D eigenvalue weighted by Gasteiger charge is 2.12. The zero-order valence-corrected chi connectivity index (χ0v) is 15.0. The minimum Gasteiger partial charge on any atom is -0.493 e. The van der Waals surface area contributed by atoms with Gasteiger partial charge in [0.2, 0.25) is 5.95 Å². The zero-order valence-electron chi connectivity index (χ0n) is 14.1. The van der Waals surface area contributed by atoms with Crippen molar-refractivity contribution >= 4 is 23.4 Å². The van der Waals surface area contributed by atoms with Gasteiger partial charge in [-0.25, -0.2) is 4.98 Å². The SMILES string of the molecule is COc1ccc(-c2cc(=O)n(-c3nc4ccccc4[nH]3)[nH]2)cc1OC.Cl. The molecule has 134 valence electrons. The van der Waals surface area contributed by atoms with Crippen molar-refractivity contribution in [2.24, 2.45) is 0 Å². The van der Waals surface area contributed by atoms with Crippen LogP contribution in [0.5, 0.6) is 11.5 Å². The minimum absolute atomic E-state index is 0. The summed E-state index contributed by atoms with van der Waals surface area (Å²) in [4.78, 5) is 20.0. The zero-order chi connectivity index (χ0) is 17.4. The number of benzene rings is 2. The van der Waals surface area contributed by atoms with Gasteiger partial charge >= 0.3 is 0 Å². The fourth-order valence-corrected chi connectivity index (χ4v) is 2.75. The van der Waals surface area contributed by atoms with Crippen molar-refractivity contribution in [3.05, 3.63) is 58.9 Å². The third-order valence-corrected chi connectivity index (χ3v) is 4.00. The summed E-state index contributed by atoms with van der Waals surface area (Å²) in [5.41, 5.74) is 2.93. The van der Waals surface area contributed by atoms with E-state index in [0.717, 1.165) is 16.6 Å². The number of H-pyrrole nitrogens is 2. The molecule has 8 heteroatoms. The van der Waals surface area contributed by atoms with Crippen LogP contribution in [0.3, 0.4) is 0 Å². The van der Waals surface area contributed by atoms with Crippen LogP contribution in [0.25, 0.3) is 28.2 Å². The number of nitrogens with zero attached hydrogens (tertiary/aromatic N) is 2. The molecule has 2 N–H and O–H groups in total. The molecule has 0 saturated heterocycles. The Labute approximate surface area is 155 Å². The normalized spacial score (nSPS) is 10.5. The first-order valence-corrected chi connectivity index (χ1v) is 7.69. The van der Waals surface area contributed by atoms with Gasteiger partial charge in [0.25, 0.3) is 5.56 Å². The smallest absolute Gasteiger partial charge is 0.274 e. The molecule has 2 aromatic heterocycles. The van der Waals surface area contributed by atoms with Crippen LogP contribution >= 0.6 is 12.4 Å². The predicted octanol–water partition coefficient (Wildman–Crippen LogP) is 3.15. The van der Waals surface area contributed by atoms with Crippen molar-refractivity contribution in [2.45, 2.75) is 0 Å². The molecule has 0 aliphatic heterocycles. The first kappa shape index (κ1) is 17.6. The van der Waals surface area contributed by atoms with E-state index < -0.39 is 0 Å². The largest absolute Gasteiger partial charge is 0.493 e. The van der Waals surface area contributed by atoms with Crippen molar-refractivity contribution in [2.75, 3.05) is 14.2 Å². The van der Waals surface area contributed by atoms with Gasteiger partial charge in [0, 0.05) is 11.6 Å². The van der Waals surface area contributed by atoms with E-state index in [4.69, 9.17) is 9.47 Å². The number of rotatable bonds is 4. The first-order valence-electron chi connectivity index (χ1n) is 7.69. The molecule has 0 aliphatic rings. The van der Waals surface area contributed by atoms with E-state index in [1.165, 1.54) is 10.7 Å². The molecule has 2 heterocycles. The summed E-state index contributed by atoms with van der Waals surface area (Å²) in [7, 11) is 3.15. The lowest BCUT2D eigenvalue weighted by Gasteiger charge is -2.08. The van der Waals surface area contributed by atoms with E-state index in [1.54, 1.807) is 20.3 Å². The van der Waals surface area contributed by atoms with Crippen molar-refractivity contribution < 1.29 is 9.47 Å². The Morgan fingerprint density at radius 1 is 1.00 bits per heavy atom. The highest BCUT2D eigenvalue weighted by atomic mass is 35.5. The molecule has 0 bridgehead atoms. The van der Waals surface area contributed by atoms with E-state index in [-0.39, 0.29) is 18.0 Å². The third-order valence-electron chi connectivity index (χ3n) is 4.00. The number of imidazole rings is 1. The maximum atomic E-state index is 12.4. The van der Waals surface area contributed by atoms with Gasteiger partial charge in [-0.1, -0.05) is 12.1 Å². The van der Waals surface area contributed by atoms with E-state index in [2.05, 4.69) is 15.1 Å². The Morgan fingerprint density at radius 2 is 1.77 bits per heavy atom. The molecular formula is C18H17ClN4O3. The number of aromatic amines is 2. The molecule has 0 unspecified atom stereocenters. The second-order valence-corrected chi connectivity index (χ2v) is 5.49. The van der Waals surface area contributed by atoms with Crippen LogP contribution in [0.15, 0.2) is 53.3 Å². The molecule has 2 aromatic carbocycles. The molecular weight excluding hydrogens is 356 g/mol. The Kier molecular flexibility index (Phi) is 4.73. The second kappa shape index (κ2) is 6.97. The van der Waals surface area contributed by atoms with Gasteiger partial charge in [-0.3, -0.25) is 9.89 Å². The van der Waals surface area contributed by atoms with Crippen LogP contribution in [0.2, 0.25) is 0 Å². The van der Waals surface area contributed by atoms with Gasteiger partial charge in [0.05, 0.1) is 30.9 Å². The summed E-state index contributed by atoms with van der Waals surface area (Å²) in [6, 6.07) is 14.6. The third kappa shape index (κ3) is 2.93. The van der Waals surface area contributed by atoms with E-state index in [1.807, 2.05) is 36.4 Å². The van der Waals surface area contributed by atoms with Crippen LogP contribution in [0, 0.1) is 0 Å². The van der Waals surface area contributed by atoms with Gasteiger partial charge in [0.1, 0.15) is 0 Å². The van der Waals surface area contributed by atoms with Gasteiger partial charge in [-0.2, -0.15) is 4.68 Å². The average molecular weight is 373 g/mol. The monoisotopic (exact) mass is 372 g/mol. The number of para-hydroxylation sites is 2. The Balaban J connectivity index is 0.00000196. The van der Waals surface area contributed by atoms with E-state index in [0.29, 0.717) is 23.1 Å². The fourth-order valence-electron chi connectivity index (χ4n) is 2.75. The molecule has 0 saturated carbocycles. The number of hydrogen-bond donors (Lipinski definition) is 2. The van der Waals surface area contributed by atoms with Crippen LogP contribution in [0.1, 0.15) is 0 Å². The molecule has 7 nitrogen and oxygen atoms in total. The number of fused-ring (bicyclic) bond motifs is 1. The Hall–Kier alpha value is -3.19. The van der Waals surface area contributed by atoms with Gasteiger partial charge in [-0.15, -0.1) is 12.4 Å². The Bertz CT molecular complexity index is 1080. The lowest BCUT2D eigenvalue weighted by atomic mass is 10.1. The summed E-state index contributed by atoms with van der Waals surface area (Å²) in [5.74, 6) is 1.67. The highest BCUT2D eigenvalue weighted by molar-refractivity contribution is 5.85. The second-order valence-electron chi connectivity index (χ2n) is 5.49. The molecule has 4 aromatic rings. The number of methoxy groups -OCH3 is 2. The number of halogens is 1. The maximum Gasteiger partial charge on any atom is 0.274 e. The summed E-state index contributed by atoms with van der Waals surface area (Å²) < 4.78 is 11.9. The molecule has 4 rings (SSSR count). The van der Waals surface area contributed by atoms with Crippen LogP contribution in [0.4, 0.5) is 0 Å². The highest BCUT2D eigenvalue weighted by Crippen LogP contribution is 2.31. The van der Waals surface area contributed by atoms with Gasteiger partial charge in [0.15, 0.2) is 11.5 Å². The molecule has 0 aliphatic carbocycles. The summed E-state index contributed by atoms with van der Waals surface area (Å²) in [5, 5.41) is 3.08. The van der Waals surface area contributed by atoms with E-state index in [9.17, 15) is 4.79 Å². The van der Waals surface area contributed by atoms with Crippen molar-refractivity contribution in [1.82, 2.24) is 19.7 Å². The fraction of sp³-hybridized carbons (Fsp3) is 0.111. The molecule has 0 amide bonds. The van der Waals surface area contributed by atoms with Crippen molar-refractivity contribution in [3.63, 3.8) is 0 Å². The average Bonchev–Trinajstić information content (AvgIpc) is 3.24. The molecule has 0 radical (unpaired) electrons. The standard InChI is InChI=1S/C18H16N4O3.ClH/c1-24-15-8-7-11(9-16(15)25-2)14-10-17(23)22(21-14)18-19-12-5-3-4-6-13(12)20-18;/h3-10,21H,1-2H3,(H,19,20);1H. The lowest BCUT2D eigenvalue weighted by molar-refractivity contribution is 0.355. The topological polar surface area (TPSA) is 84.9 Å². The molecule has 26 heavy (non-hydrogen) atoms. The summed E-state index contributed by atoms with van der Waals surface area (Å²) in [6.45, 7) is 0. The summed E-state index contributed by atoms with van der Waals surface area (Å²) in [6.07, 6.45) is 0.